The summed E-state index contributed by atoms with van der Waals surface area (Å²) < 4.78 is 0. The van der Waals surface area contributed by atoms with E-state index in [-0.39, 0.29) is 0 Å². The maximum Gasteiger partial charge on any atom is 0.132 e. The van der Waals surface area contributed by atoms with Gasteiger partial charge in [0.15, 0.2) is 0 Å². The van der Waals surface area contributed by atoms with Crippen LogP contribution in [0.2, 0.25) is 0 Å². The summed E-state index contributed by atoms with van der Waals surface area (Å²) >= 11 is 0. The van der Waals surface area contributed by atoms with Crippen LogP contribution in [-0.2, 0) is 6.42 Å². The molecule has 0 bridgehead atoms. The summed E-state index contributed by atoms with van der Waals surface area (Å²) in [7, 11) is 0. The van der Waals surface area contributed by atoms with Crippen LogP contribution in [-0.4, -0.2) is 9.97 Å². The van der Waals surface area contributed by atoms with E-state index in [4.69, 9.17) is 0 Å². The van der Waals surface area contributed by atoms with Gasteiger partial charge < -0.3 is 0 Å². The lowest BCUT2D eigenvalue weighted by molar-refractivity contribution is 0.730. The van der Waals surface area contributed by atoms with Crippen LogP contribution in [0.3, 0.4) is 0 Å². The van der Waals surface area contributed by atoms with Crippen molar-refractivity contribution in [2.45, 2.75) is 20.3 Å². The highest BCUT2D eigenvalue weighted by Crippen LogP contribution is 2.10. The lowest BCUT2D eigenvalue weighted by Crippen LogP contribution is -2.00. The van der Waals surface area contributed by atoms with Crippen molar-refractivity contribution in [2.24, 2.45) is 5.92 Å². The molecule has 0 atom stereocenters. The molecule has 1 heterocycles. The van der Waals surface area contributed by atoms with Gasteiger partial charge >= 0.3 is 0 Å². The Morgan fingerprint density at radius 1 is 1.42 bits per heavy atom. The Morgan fingerprint density at radius 3 is 2.50 bits per heavy atom. The van der Waals surface area contributed by atoms with Gasteiger partial charge in [-0.3, -0.25) is 0 Å². The SMILES string of the molecule is C=C(Cc1ncccn1)C(C)C. The average Bonchev–Trinajstić information content (AvgIpc) is 2.06. The predicted octanol–water partition coefficient (Wildman–Crippen LogP) is 2.23. The zero-order chi connectivity index (χ0) is 8.97. The standard InChI is InChI=1S/C10H14N2/c1-8(2)9(3)7-10-11-5-4-6-12-10/h4-6,8H,3,7H2,1-2H3. The number of rotatable bonds is 3. The Balaban J connectivity index is 2.59. The second-order valence-electron chi connectivity index (χ2n) is 3.15. The Labute approximate surface area is 73.4 Å². The summed E-state index contributed by atoms with van der Waals surface area (Å²) in [6.07, 6.45) is 4.31. The van der Waals surface area contributed by atoms with Gasteiger partial charge in [-0.25, -0.2) is 9.97 Å². The third-order valence-corrected chi connectivity index (χ3v) is 1.82. The molecule has 0 unspecified atom stereocenters. The van der Waals surface area contributed by atoms with Gasteiger partial charge in [0.05, 0.1) is 0 Å². The van der Waals surface area contributed by atoms with Crippen molar-refractivity contribution in [1.29, 1.82) is 0 Å². The van der Waals surface area contributed by atoms with Crippen molar-refractivity contribution in [3.05, 3.63) is 36.4 Å². The Bertz CT molecular complexity index is 252. The summed E-state index contributed by atoms with van der Waals surface area (Å²) in [4.78, 5) is 8.26. The van der Waals surface area contributed by atoms with E-state index < -0.39 is 0 Å². The number of hydrogen-bond donors (Lipinski definition) is 0. The van der Waals surface area contributed by atoms with Crippen LogP contribution < -0.4 is 0 Å². The maximum atomic E-state index is 4.13. The van der Waals surface area contributed by atoms with E-state index in [1.54, 1.807) is 12.4 Å². The third-order valence-electron chi connectivity index (χ3n) is 1.82. The number of hydrogen-bond acceptors (Lipinski definition) is 2. The molecule has 0 aliphatic heterocycles. The van der Waals surface area contributed by atoms with E-state index in [0.717, 1.165) is 12.2 Å². The largest absolute Gasteiger partial charge is 0.241 e. The molecular weight excluding hydrogens is 148 g/mol. The highest BCUT2D eigenvalue weighted by molar-refractivity contribution is 5.06. The van der Waals surface area contributed by atoms with Crippen LogP contribution in [0.25, 0.3) is 0 Å². The third kappa shape index (κ3) is 2.46. The smallest absolute Gasteiger partial charge is 0.132 e. The average molecular weight is 162 g/mol. The molecule has 0 amide bonds. The highest BCUT2D eigenvalue weighted by Gasteiger charge is 2.02. The molecule has 2 heteroatoms. The lowest BCUT2D eigenvalue weighted by Gasteiger charge is -2.06. The molecule has 64 valence electrons. The molecule has 0 N–H and O–H groups in total. The molecule has 0 spiro atoms. The summed E-state index contributed by atoms with van der Waals surface area (Å²) in [5.74, 6) is 1.37. The van der Waals surface area contributed by atoms with Gasteiger partial charge in [0, 0.05) is 18.8 Å². The molecule has 0 aliphatic carbocycles. The fourth-order valence-corrected chi connectivity index (χ4v) is 0.828. The molecular formula is C10H14N2. The van der Waals surface area contributed by atoms with E-state index in [9.17, 15) is 0 Å². The molecule has 1 rings (SSSR count). The predicted molar refractivity (Wildman–Crippen MR) is 49.7 cm³/mol. The molecule has 0 saturated carbocycles. The van der Waals surface area contributed by atoms with Gasteiger partial charge in [-0.05, 0) is 12.0 Å². The minimum atomic E-state index is 0.508. The van der Waals surface area contributed by atoms with Crippen LogP contribution in [0.15, 0.2) is 30.6 Å². The molecule has 0 aromatic carbocycles. The molecule has 0 fully saturated rings. The van der Waals surface area contributed by atoms with E-state index in [1.165, 1.54) is 5.57 Å². The molecule has 2 nitrogen and oxygen atoms in total. The maximum absolute atomic E-state index is 4.13. The van der Waals surface area contributed by atoms with Gasteiger partial charge in [0.1, 0.15) is 5.82 Å². The van der Waals surface area contributed by atoms with Crippen LogP contribution in [0.5, 0.6) is 0 Å². The minimum absolute atomic E-state index is 0.508. The van der Waals surface area contributed by atoms with Crippen LogP contribution >= 0.6 is 0 Å². The summed E-state index contributed by atoms with van der Waals surface area (Å²) in [5.41, 5.74) is 1.18. The quantitative estimate of drug-likeness (QED) is 0.637. The fourth-order valence-electron chi connectivity index (χ4n) is 0.828. The first-order valence-electron chi connectivity index (χ1n) is 4.13. The summed E-state index contributed by atoms with van der Waals surface area (Å²) in [6, 6.07) is 1.82. The number of allylic oxidation sites excluding steroid dienone is 1. The lowest BCUT2D eigenvalue weighted by atomic mass is 10.0. The summed E-state index contributed by atoms with van der Waals surface area (Å²) in [6.45, 7) is 8.23. The molecule has 0 radical (unpaired) electrons. The second kappa shape index (κ2) is 4.00. The van der Waals surface area contributed by atoms with Gasteiger partial charge in [-0.1, -0.05) is 26.0 Å². The summed E-state index contributed by atoms with van der Waals surface area (Å²) in [5, 5.41) is 0. The Kier molecular flexibility index (Phi) is 2.97. The Hall–Kier alpha value is -1.18. The molecule has 0 aliphatic rings. The topological polar surface area (TPSA) is 25.8 Å². The van der Waals surface area contributed by atoms with E-state index in [0.29, 0.717) is 5.92 Å². The Morgan fingerprint density at radius 2 is 2.00 bits per heavy atom. The van der Waals surface area contributed by atoms with Gasteiger partial charge in [-0.15, -0.1) is 0 Å². The minimum Gasteiger partial charge on any atom is -0.241 e. The number of aromatic nitrogens is 2. The first kappa shape index (κ1) is 8.91. The van der Waals surface area contributed by atoms with Crippen molar-refractivity contribution in [1.82, 2.24) is 9.97 Å². The van der Waals surface area contributed by atoms with Crippen LogP contribution in [0.4, 0.5) is 0 Å². The second-order valence-corrected chi connectivity index (χ2v) is 3.15. The zero-order valence-corrected chi connectivity index (χ0v) is 7.62. The monoisotopic (exact) mass is 162 g/mol. The highest BCUT2D eigenvalue weighted by atomic mass is 14.8. The first-order valence-corrected chi connectivity index (χ1v) is 4.13. The van der Waals surface area contributed by atoms with E-state index in [2.05, 4.69) is 30.4 Å². The van der Waals surface area contributed by atoms with Crippen molar-refractivity contribution in [3.63, 3.8) is 0 Å². The number of nitrogens with zero attached hydrogens (tertiary/aromatic N) is 2. The van der Waals surface area contributed by atoms with Crippen molar-refractivity contribution in [2.75, 3.05) is 0 Å². The fraction of sp³-hybridized carbons (Fsp3) is 0.400. The van der Waals surface area contributed by atoms with Crippen molar-refractivity contribution >= 4 is 0 Å². The van der Waals surface area contributed by atoms with Crippen LogP contribution in [0, 0.1) is 5.92 Å². The van der Waals surface area contributed by atoms with Crippen molar-refractivity contribution < 1.29 is 0 Å². The zero-order valence-electron chi connectivity index (χ0n) is 7.62. The van der Waals surface area contributed by atoms with Gasteiger partial charge in [0.2, 0.25) is 0 Å². The molecule has 12 heavy (non-hydrogen) atoms. The van der Waals surface area contributed by atoms with Crippen LogP contribution in [0.1, 0.15) is 19.7 Å². The van der Waals surface area contributed by atoms with Gasteiger partial charge in [-0.2, -0.15) is 0 Å². The van der Waals surface area contributed by atoms with Crippen molar-refractivity contribution in [3.8, 4) is 0 Å². The molecule has 0 saturated heterocycles. The van der Waals surface area contributed by atoms with Gasteiger partial charge in [0.25, 0.3) is 0 Å². The van der Waals surface area contributed by atoms with E-state index in [1.807, 2.05) is 6.07 Å². The normalized spacial score (nSPS) is 10.2. The molecule has 1 aromatic heterocycles. The first-order chi connectivity index (χ1) is 5.70. The van der Waals surface area contributed by atoms with E-state index >= 15 is 0 Å². The molecule has 1 aromatic rings.